The van der Waals surface area contributed by atoms with Gasteiger partial charge in [-0.05, 0) is 52.7 Å². The molecule has 1 aliphatic rings. The Labute approximate surface area is 146 Å². The Hall–Kier alpha value is -2.29. The number of halogens is 3. The Bertz CT molecular complexity index is 778. The van der Waals surface area contributed by atoms with Crippen LogP contribution in [-0.4, -0.2) is 0 Å². The van der Waals surface area contributed by atoms with Gasteiger partial charge in [0, 0.05) is 0 Å². The summed E-state index contributed by atoms with van der Waals surface area (Å²) in [5.74, 6) is 1.14. The monoisotopic (exact) mass is 342 g/mol. The Morgan fingerprint density at radius 1 is 0.800 bits per heavy atom. The first-order valence-corrected chi connectivity index (χ1v) is 8.50. The number of hydrogen-bond acceptors (Lipinski definition) is 0. The molecule has 0 fully saturated rings. The molecule has 0 bridgehead atoms. The zero-order valence-electron chi connectivity index (χ0n) is 14.3. The second-order valence-corrected chi connectivity index (χ2v) is 6.77. The molecule has 0 aliphatic heterocycles. The minimum Gasteiger partial charge on any atom is -0.166 e. The molecule has 0 amide bonds. The van der Waals surface area contributed by atoms with Gasteiger partial charge in [0.05, 0.1) is 5.56 Å². The van der Waals surface area contributed by atoms with Gasteiger partial charge in [-0.25, -0.2) is 0 Å². The van der Waals surface area contributed by atoms with Crippen molar-refractivity contribution < 1.29 is 13.2 Å². The van der Waals surface area contributed by atoms with Gasteiger partial charge in [0.15, 0.2) is 0 Å². The molecule has 0 radical (unpaired) electrons. The normalized spacial score (nSPS) is 20.9. The van der Waals surface area contributed by atoms with Gasteiger partial charge in [-0.2, -0.15) is 13.2 Å². The summed E-state index contributed by atoms with van der Waals surface area (Å²) in [5.41, 5.74) is 3.56. The molecule has 2 atom stereocenters. The third-order valence-electron chi connectivity index (χ3n) is 4.95. The van der Waals surface area contributed by atoms with Crippen molar-refractivity contribution >= 4 is 5.57 Å². The maximum absolute atomic E-state index is 12.7. The molecule has 0 spiro atoms. The number of allylic oxidation sites excluding steroid dienone is 4. The van der Waals surface area contributed by atoms with Gasteiger partial charge in [-0.3, -0.25) is 0 Å². The van der Waals surface area contributed by atoms with E-state index in [2.05, 4.69) is 44.2 Å². The first-order valence-electron chi connectivity index (χ1n) is 8.50. The zero-order chi connectivity index (χ0) is 18.0. The molecule has 2 aromatic rings. The molecule has 0 heterocycles. The smallest absolute Gasteiger partial charge is 0.166 e. The summed E-state index contributed by atoms with van der Waals surface area (Å²) in [6.45, 7) is 4.48. The van der Waals surface area contributed by atoms with E-state index < -0.39 is 11.7 Å². The van der Waals surface area contributed by atoms with Crippen molar-refractivity contribution in [3.05, 3.63) is 77.9 Å². The summed E-state index contributed by atoms with van der Waals surface area (Å²) < 4.78 is 38.0. The fourth-order valence-electron chi connectivity index (χ4n) is 3.08. The van der Waals surface area contributed by atoms with E-state index in [1.165, 1.54) is 23.3 Å². The van der Waals surface area contributed by atoms with E-state index >= 15 is 0 Å². The molecule has 0 saturated heterocycles. The Kier molecular flexibility index (Phi) is 4.85. The van der Waals surface area contributed by atoms with Crippen molar-refractivity contribution in [2.75, 3.05) is 0 Å². The number of rotatable bonds is 2. The van der Waals surface area contributed by atoms with Crippen LogP contribution in [0.4, 0.5) is 13.2 Å². The van der Waals surface area contributed by atoms with E-state index in [-0.39, 0.29) is 0 Å². The van der Waals surface area contributed by atoms with Crippen molar-refractivity contribution in [2.45, 2.75) is 26.4 Å². The van der Waals surface area contributed by atoms with E-state index in [0.29, 0.717) is 11.8 Å². The summed E-state index contributed by atoms with van der Waals surface area (Å²) >= 11 is 0. The van der Waals surface area contributed by atoms with Gasteiger partial charge in [-0.15, -0.1) is 0 Å². The maximum atomic E-state index is 12.7. The molecule has 1 aliphatic carbocycles. The van der Waals surface area contributed by atoms with Gasteiger partial charge in [0.1, 0.15) is 0 Å². The van der Waals surface area contributed by atoms with E-state index in [1.807, 2.05) is 12.1 Å². The third kappa shape index (κ3) is 4.04. The topological polar surface area (TPSA) is 0 Å². The molecular weight excluding hydrogens is 321 g/mol. The van der Waals surface area contributed by atoms with Crippen molar-refractivity contribution in [2.24, 2.45) is 11.8 Å². The number of alkyl halides is 3. The van der Waals surface area contributed by atoms with E-state index in [1.54, 1.807) is 0 Å². The van der Waals surface area contributed by atoms with Crippen LogP contribution in [0.1, 0.15) is 31.4 Å². The average molecular weight is 342 g/mol. The van der Waals surface area contributed by atoms with Crippen LogP contribution in [0.5, 0.6) is 0 Å². The van der Waals surface area contributed by atoms with Crippen LogP contribution in [-0.2, 0) is 6.18 Å². The molecule has 0 aromatic heterocycles. The summed E-state index contributed by atoms with van der Waals surface area (Å²) in [5, 5.41) is 0. The summed E-state index contributed by atoms with van der Waals surface area (Å²) in [7, 11) is 0. The molecule has 0 saturated carbocycles. The third-order valence-corrected chi connectivity index (χ3v) is 4.95. The zero-order valence-corrected chi connectivity index (χ0v) is 14.3. The van der Waals surface area contributed by atoms with Crippen molar-refractivity contribution in [1.29, 1.82) is 0 Å². The second kappa shape index (κ2) is 6.91. The number of benzene rings is 2. The van der Waals surface area contributed by atoms with Gasteiger partial charge in [-0.1, -0.05) is 68.5 Å². The lowest BCUT2D eigenvalue weighted by Crippen LogP contribution is -2.04. The van der Waals surface area contributed by atoms with E-state index in [9.17, 15) is 13.2 Å². The Morgan fingerprint density at radius 3 is 1.88 bits per heavy atom. The van der Waals surface area contributed by atoms with Crippen LogP contribution in [0, 0.1) is 11.8 Å². The number of hydrogen-bond donors (Lipinski definition) is 0. The fourth-order valence-corrected chi connectivity index (χ4v) is 3.08. The molecule has 0 N–H and O–H groups in total. The van der Waals surface area contributed by atoms with Crippen LogP contribution in [0.2, 0.25) is 0 Å². The molecular formula is C22H21F3. The molecule has 25 heavy (non-hydrogen) atoms. The minimum atomic E-state index is -4.30. The minimum absolute atomic E-state index is 0.556. The molecule has 130 valence electrons. The summed E-state index contributed by atoms with van der Waals surface area (Å²) in [4.78, 5) is 0. The largest absolute Gasteiger partial charge is 0.416 e. The Balaban J connectivity index is 1.81. The first kappa shape index (κ1) is 17.5. The quantitative estimate of drug-likeness (QED) is 0.552. The first-order chi connectivity index (χ1) is 11.8. The highest BCUT2D eigenvalue weighted by Crippen LogP contribution is 2.33. The van der Waals surface area contributed by atoms with Gasteiger partial charge < -0.3 is 0 Å². The maximum Gasteiger partial charge on any atom is 0.416 e. The molecule has 2 aromatic carbocycles. The van der Waals surface area contributed by atoms with Crippen molar-refractivity contribution in [3.63, 3.8) is 0 Å². The van der Waals surface area contributed by atoms with Crippen LogP contribution in [0.3, 0.4) is 0 Å². The van der Waals surface area contributed by atoms with Crippen molar-refractivity contribution in [3.8, 4) is 11.1 Å². The van der Waals surface area contributed by atoms with Crippen LogP contribution in [0.25, 0.3) is 16.7 Å². The second-order valence-electron chi connectivity index (χ2n) is 6.77. The highest BCUT2D eigenvalue weighted by molar-refractivity contribution is 5.71. The van der Waals surface area contributed by atoms with E-state index in [4.69, 9.17) is 0 Å². The lowest BCUT2D eigenvalue weighted by Gasteiger charge is -2.16. The van der Waals surface area contributed by atoms with Crippen molar-refractivity contribution in [1.82, 2.24) is 0 Å². The highest BCUT2D eigenvalue weighted by Gasteiger charge is 2.29. The standard InChI is InChI=1S/C22H21F3/c1-15-4-3-5-20(14-16(15)2)19-8-6-17(7-9-19)18-10-12-21(13-11-18)22(23,24)25/h3-13,15-16H,14H2,1-2H3. The SMILES string of the molecule is CC1C=CC=C(c2ccc(-c3ccc(C(F)(F)F)cc3)cc2)CC1C. The molecule has 3 heteroatoms. The molecule has 3 rings (SSSR count). The predicted octanol–water partition coefficient (Wildman–Crippen LogP) is 6.99. The lowest BCUT2D eigenvalue weighted by molar-refractivity contribution is -0.137. The Morgan fingerprint density at radius 2 is 1.32 bits per heavy atom. The van der Waals surface area contributed by atoms with Crippen LogP contribution < -0.4 is 0 Å². The van der Waals surface area contributed by atoms with Gasteiger partial charge in [0.2, 0.25) is 0 Å². The van der Waals surface area contributed by atoms with E-state index in [0.717, 1.165) is 29.7 Å². The summed E-state index contributed by atoms with van der Waals surface area (Å²) in [6, 6.07) is 13.4. The summed E-state index contributed by atoms with van der Waals surface area (Å²) in [6.07, 6.45) is 3.23. The molecule has 2 unspecified atom stereocenters. The van der Waals surface area contributed by atoms with Crippen LogP contribution in [0.15, 0.2) is 66.8 Å². The average Bonchev–Trinajstić information content (AvgIpc) is 2.76. The van der Waals surface area contributed by atoms with Gasteiger partial charge in [0.25, 0.3) is 0 Å². The molecule has 0 nitrogen and oxygen atoms in total. The predicted molar refractivity (Wildman–Crippen MR) is 96.9 cm³/mol. The fraction of sp³-hybridized carbons (Fsp3) is 0.273. The lowest BCUT2D eigenvalue weighted by atomic mass is 9.88. The highest BCUT2D eigenvalue weighted by atomic mass is 19.4. The van der Waals surface area contributed by atoms with Gasteiger partial charge >= 0.3 is 6.18 Å². The van der Waals surface area contributed by atoms with Crippen LogP contribution >= 0.6 is 0 Å².